The molecule has 0 aliphatic heterocycles. The third kappa shape index (κ3) is 4.53. The number of carbonyl (C=O) groups is 1. The second-order valence-corrected chi connectivity index (χ2v) is 6.32. The molecule has 0 saturated heterocycles. The first-order chi connectivity index (χ1) is 11.0. The molecular formula is C15H16ClFNO4S-. The normalized spacial score (nSPS) is 18.9. The van der Waals surface area contributed by atoms with E-state index in [9.17, 15) is 17.9 Å². The Hall–Kier alpha value is -1.44. The minimum Gasteiger partial charge on any atom is -0.755 e. The van der Waals surface area contributed by atoms with Crippen molar-refractivity contribution in [1.29, 1.82) is 0 Å². The van der Waals surface area contributed by atoms with Gasteiger partial charge in [0.1, 0.15) is 5.82 Å². The summed E-state index contributed by atoms with van der Waals surface area (Å²) in [5, 5.41) is 0.0308. The van der Waals surface area contributed by atoms with Gasteiger partial charge in [-0.3, -0.25) is 13.3 Å². The molecule has 1 aliphatic rings. The van der Waals surface area contributed by atoms with Gasteiger partial charge >= 0.3 is 0 Å². The van der Waals surface area contributed by atoms with Crippen molar-refractivity contribution in [1.82, 2.24) is 0 Å². The summed E-state index contributed by atoms with van der Waals surface area (Å²) >= 11 is 3.45. The lowest BCUT2D eigenvalue weighted by Gasteiger charge is -2.38. The smallest absolute Gasteiger partial charge is 0.293 e. The van der Waals surface area contributed by atoms with Gasteiger partial charge in [0.15, 0.2) is 0 Å². The van der Waals surface area contributed by atoms with Gasteiger partial charge in [-0.25, -0.2) is 4.39 Å². The Bertz CT molecular complexity index is 625. The number of allylic oxidation sites excluding steroid dienone is 1. The Morgan fingerprint density at radius 2 is 2.30 bits per heavy atom. The molecule has 2 atom stereocenters. The highest BCUT2D eigenvalue weighted by Crippen LogP contribution is 2.35. The van der Waals surface area contributed by atoms with Crippen molar-refractivity contribution in [2.75, 3.05) is 10.9 Å². The fraction of sp³-hybridized carbons (Fsp3) is 0.400. The first kappa shape index (κ1) is 17.9. The molecule has 8 heteroatoms. The summed E-state index contributed by atoms with van der Waals surface area (Å²) in [4.78, 5) is 10.3. The quantitative estimate of drug-likeness (QED) is 0.324. The molecule has 0 amide bonds. The fourth-order valence-corrected chi connectivity index (χ4v) is 3.77. The molecule has 23 heavy (non-hydrogen) atoms. The SMILES string of the molecule is O=COCCC1=CCCCC1N(c1ccc(F)cc1Cl)S(=O)[O-]. The number of halogens is 2. The first-order valence-electron chi connectivity index (χ1n) is 7.12. The summed E-state index contributed by atoms with van der Waals surface area (Å²) in [5.74, 6) is -0.533. The molecule has 0 spiro atoms. The molecule has 126 valence electrons. The van der Waals surface area contributed by atoms with Crippen LogP contribution < -0.4 is 4.31 Å². The maximum absolute atomic E-state index is 13.2. The Labute approximate surface area is 141 Å². The van der Waals surface area contributed by atoms with Gasteiger partial charge in [0.05, 0.1) is 23.4 Å². The molecule has 1 aliphatic carbocycles. The van der Waals surface area contributed by atoms with Gasteiger partial charge in [-0.1, -0.05) is 17.7 Å². The maximum atomic E-state index is 13.2. The molecule has 0 fully saturated rings. The van der Waals surface area contributed by atoms with Gasteiger partial charge in [-0.15, -0.1) is 0 Å². The number of hydrogen-bond donors (Lipinski definition) is 0. The molecule has 0 bridgehead atoms. The number of nitrogens with zero attached hydrogens (tertiary/aromatic N) is 1. The molecule has 1 aromatic rings. The van der Waals surface area contributed by atoms with E-state index in [1.807, 2.05) is 6.08 Å². The maximum Gasteiger partial charge on any atom is 0.293 e. The molecule has 0 saturated carbocycles. The zero-order chi connectivity index (χ0) is 16.8. The molecule has 5 nitrogen and oxygen atoms in total. The number of anilines is 1. The third-order valence-electron chi connectivity index (χ3n) is 3.68. The Balaban J connectivity index is 2.31. The molecular weight excluding hydrogens is 345 g/mol. The van der Waals surface area contributed by atoms with Crippen LogP contribution in [0.2, 0.25) is 5.02 Å². The van der Waals surface area contributed by atoms with Gasteiger partial charge in [0.25, 0.3) is 6.47 Å². The summed E-state index contributed by atoms with van der Waals surface area (Å²) in [6.45, 7) is 0.543. The van der Waals surface area contributed by atoms with E-state index in [1.165, 1.54) is 12.1 Å². The van der Waals surface area contributed by atoms with Crippen molar-refractivity contribution >= 4 is 35.0 Å². The summed E-state index contributed by atoms with van der Waals surface area (Å²) in [5.41, 5.74) is 1.10. The van der Waals surface area contributed by atoms with Gasteiger partial charge in [0, 0.05) is 17.7 Å². The van der Waals surface area contributed by atoms with E-state index in [-0.39, 0.29) is 17.3 Å². The number of ether oxygens (including phenoxy) is 1. The van der Waals surface area contributed by atoms with Crippen molar-refractivity contribution in [3.05, 3.63) is 40.7 Å². The zero-order valence-electron chi connectivity index (χ0n) is 12.2. The number of carbonyl (C=O) groups excluding carboxylic acids is 1. The average Bonchev–Trinajstić information content (AvgIpc) is 2.51. The van der Waals surface area contributed by atoms with E-state index in [2.05, 4.69) is 0 Å². The highest BCUT2D eigenvalue weighted by molar-refractivity contribution is 7.80. The van der Waals surface area contributed by atoms with Crippen LogP contribution in [0.5, 0.6) is 0 Å². The van der Waals surface area contributed by atoms with Crippen LogP contribution in [0.25, 0.3) is 0 Å². The predicted octanol–water partition coefficient (Wildman–Crippen LogP) is 3.12. The van der Waals surface area contributed by atoms with Crippen LogP contribution in [0.1, 0.15) is 25.7 Å². The monoisotopic (exact) mass is 360 g/mol. The predicted molar refractivity (Wildman–Crippen MR) is 85.2 cm³/mol. The molecule has 2 rings (SSSR count). The van der Waals surface area contributed by atoms with E-state index < -0.39 is 23.1 Å². The van der Waals surface area contributed by atoms with E-state index in [4.69, 9.17) is 16.3 Å². The van der Waals surface area contributed by atoms with E-state index >= 15 is 0 Å². The van der Waals surface area contributed by atoms with Crippen LogP contribution >= 0.6 is 11.6 Å². The van der Waals surface area contributed by atoms with Gasteiger partial charge in [-0.2, -0.15) is 0 Å². The molecule has 0 radical (unpaired) electrons. The number of hydrogen-bond acceptors (Lipinski definition) is 4. The number of benzene rings is 1. The van der Waals surface area contributed by atoms with Gasteiger partial charge in [0.2, 0.25) is 0 Å². The second-order valence-electron chi connectivity index (χ2n) is 5.08. The second kappa shape index (κ2) is 8.42. The molecule has 0 heterocycles. The van der Waals surface area contributed by atoms with E-state index in [0.717, 1.165) is 28.8 Å². The zero-order valence-corrected chi connectivity index (χ0v) is 13.8. The molecule has 1 aromatic carbocycles. The van der Waals surface area contributed by atoms with Crippen LogP contribution in [-0.2, 0) is 20.8 Å². The minimum absolute atomic E-state index is 0.0308. The average molecular weight is 361 g/mol. The molecule has 0 N–H and O–H groups in total. The van der Waals surface area contributed by atoms with Crippen molar-refractivity contribution in [2.24, 2.45) is 0 Å². The fourth-order valence-electron chi connectivity index (χ4n) is 2.69. The standard InChI is InChI=1S/C15H17ClFNO4S/c16-13-9-12(17)5-6-15(13)18(23(20)21)14-4-2-1-3-11(14)7-8-22-10-19/h3,5-6,9-10,14H,1-2,4,7-8H2,(H,20,21)/p-1. The highest BCUT2D eigenvalue weighted by Gasteiger charge is 2.27. The van der Waals surface area contributed by atoms with Crippen molar-refractivity contribution in [3.63, 3.8) is 0 Å². The lowest BCUT2D eigenvalue weighted by molar-refractivity contribution is -0.128. The van der Waals surface area contributed by atoms with E-state index in [0.29, 0.717) is 19.3 Å². The van der Waals surface area contributed by atoms with Crippen molar-refractivity contribution in [2.45, 2.75) is 31.7 Å². The Kier molecular flexibility index (Phi) is 6.56. The number of rotatable bonds is 7. The van der Waals surface area contributed by atoms with Crippen LogP contribution in [0.15, 0.2) is 29.8 Å². The van der Waals surface area contributed by atoms with Crippen LogP contribution in [0.3, 0.4) is 0 Å². The summed E-state index contributed by atoms with van der Waals surface area (Å²) in [7, 11) is 0. The summed E-state index contributed by atoms with van der Waals surface area (Å²) < 4.78 is 42.6. The third-order valence-corrected chi connectivity index (χ3v) is 4.76. The summed E-state index contributed by atoms with van der Waals surface area (Å²) in [6, 6.07) is 3.18. The lowest BCUT2D eigenvalue weighted by Crippen LogP contribution is -2.39. The van der Waals surface area contributed by atoms with Crippen molar-refractivity contribution < 1.29 is 22.7 Å². The topological polar surface area (TPSA) is 69.7 Å². The highest BCUT2D eigenvalue weighted by atomic mass is 35.5. The molecule has 0 aromatic heterocycles. The largest absolute Gasteiger partial charge is 0.755 e. The first-order valence-corrected chi connectivity index (χ1v) is 8.53. The van der Waals surface area contributed by atoms with E-state index in [1.54, 1.807) is 0 Å². The van der Waals surface area contributed by atoms with Gasteiger partial charge in [-0.05, 0) is 43.0 Å². The lowest BCUT2D eigenvalue weighted by atomic mass is 9.92. The Morgan fingerprint density at radius 3 is 2.96 bits per heavy atom. The van der Waals surface area contributed by atoms with Gasteiger partial charge < -0.3 is 9.29 Å². The Morgan fingerprint density at radius 1 is 1.52 bits per heavy atom. The van der Waals surface area contributed by atoms with Crippen LogP contribution in [0.4, 0.5) is 10.1 Å². The summed E-state index contributed by atoms with van der Waals surface area (Å²) in [6.07, 6.45) is 4.68. The van der Waals surface area contributed by atoms with Crippen LogP contribution in [0, 0.1) is 5.82 Å². The minimum atomic E-state index is -2.57. The molecule has 2 unspecified atom stereocenters. The van der Waals surface area contributed by atoms with Crippen LogP contribution in [-0.4, -0.2) is 27.9 Å². The van der Waals surface area contributed by atoms with Crippen molar-refractivity contribution in [3.8, 4) is 0 Å².